The van der Waals surface area contributed by atoms with Gasteiger partial charge in [0.15, 0.2) is 20.2 Å². The Morgan fingerprint density at radius 2 is 1.92 bits per heavy atom. The van der Waals surface area contributed by atoms with Crippen molar-refractivity contribution in [1.82, 2.24) is 19.8 Å². The molecule has 0 aromatic carbocycles. The van der Waals surface area contributed by atoms with E-state index >= 15 is 0 Å². The molecule has 1 saturated heterocycles. The van der Waals surface area contributed by atoms with E-state index in [2.05, 4.69) is 60.8 Å². The Bertz CT molecular complexity index is 1450. The summed E-state index contributed by atoms with van der Waals surface area (Å²) in [6.07, 6.45) is -3.20. The van der Waals surface area contributed by atoms with Crippen LogP contribution < -0.4 is 11.0 Å². The zero-order chi connectivity index (χ0) is 37.2. The van der Waals surface area contributed by atoms with Gasteiger partial charge in [0.2, 0.25) is 0 Å². The summed E-state index contributed by atoms with van der Waals surface area (Å²) in [7, 11) is 4.01. The molecule has 1 aromatic rings. The number of nitrogens with zero attached hydrogens (tertiary/aromatic N) is 5. The fraction of sp³-hybridized carbons (Fsp3) is 0.710. The molecule has 3 atom stereocenters. The second-order valence-corrected chi connectivity index (χ2v) is 21.7. The molecule has 1 N–H and O–H groups in total. The number of alkyl halides is 3. The average molecular weight is 751 g/mol. The number of ether oxygens (including phenoxy) is 2. The summed E-state index contributed by atoms with van der Waals surface area (Å²) in [6.45, 7) is 18.0. The van der Waals surface area contributed by atoms with Gasteiger partial charge in [-0.25, -0.2) is 9.79 Å². The number of rotatable bonds is 15. The van der Waals surface area contributed by atoms with Crippen LogP contribution in [0.3, 0.4) is 0 Å². The molecule has 2 heterocycles. The molecule has 276 valence electrons. The van der Waals surface area contributed by atoms with Crippen LogP contribution in [0, 0.1) is 11.8 Å². The van der Waals surface area contributed by atoms with Crippen LogP contribution in [0.2, 0.25) is 18.1 Å². The van der Waals surface area contributed by atoms with Crippen molar-refractivity contribution in [3.8, 4) is 11.8 Å². The van der Waals surface area contributed by atoms with Crippen molar-refractivity contribution in [3.63, 3.8) is 0 Å². The van der Waals surface area contributed by atoms with E-state index in [9.17, 15) is 22.8 Å². The Labute approximate surface area is 295 Å². The molecule has 1 fully saturated rings. The monoisotopic (exact) mass is 750 g/mol. The number of aliphatic imine (C=N–C) groups is 1. The maximum atomic E-state index is 13.2. The lowest BCUT2D eigenvalue weighted by atomic mass is 10.2. The molecule has 1 aliphatic rings. The van der Waals surface area contributed by atoms with Crippen LogP contribution in [-0.2, 0) is 23.5 Å². The number of aromatic nitrogens is 2. The molecule has 2 rings (SSSR count). The van der Waals surface area contributed by atoms with Crippen LogP contribution in [0.5, 0.6) is 0 Å². The molecule has 1 unspecified atom stereocenters. The van der Waals surface area contributed by atoms with Crippen LogP contribution in [0.1, 0.15) is 66.7 Å². The van der Waals surface area contributed by atoms with Crippen molar-refractivity contribution in [2.24, 2.45) is 10.1 Å². The van der Waals surface area contributed by atoms with Crippen molar-refractivity contribution >= 4 is 53.7 Å². The van der Waals surface area contributed by atoms with Gasteiger partial charge >= 0.3 is 17.8 Å². The fourth-order valence-electron chi connectivity index (χ4n) is 3.70. The second-order valence-electron chi connectivity index (χ2n) is 13.9. The fourth-order valence-corrected chi connectivity index (χ4v) is 6.85. The quantitative estimate of drug-likeness (QED) is 0.0348. The highest BCUT2D eigenvalue weighted by Gasteiger charge is 2.43. The first kappa shape index (κ1) is 42.6. The van der Waals surface area contributed by atoms with Gasteiger partial charge in [0.1, 0.15) is 24.9 Å². The molecule has 49 heavy (non-hydrogen) atoms. The Balaban J connectivity index is 2.18. The van der Waals surface area contributed by atoms with Crippen LogP contribution in [0.15, 0.2) is 21.1 Å². The SMILES string of the molecule is CC(C)=NOC1C[C@H](n2cc(C#CCOCSSC(C)(C)CNC(=O)C(F)(F)F)c(N=CN(C)C)nc2=O)O[C@@H]1CO[Si](C)(C)C(C)(C)C. The van der Waals surface area contributed by atoms with E-state index in [4.69, 9.17) is 18.7 Å². The van der Waals surface area contributed by atoms with E-state index in [1.165, 1.54) is 32.5 Å². The Hall–Kier alpha value is -2.56. The highest BCUT2D eigenvalue weighted by Crippen LogP contribution is 2.38. The van der Waals surface area contributed by atoms with Crippen LogP contribution in [0.4, 0.5) is 19.0 Å². The maximum absolute atomic E-state index is 13.2. The maximum Gasteiger partial charge on any atom is 0.471 e. The van der Waals surface area contributed by atoms with Gasteiger partial charge in [0.05, 0.1) is 24.2 Å². The number of halogens is 3. The zero-order valence-electron chi connectivity index (χ0n) is 30.1. The molecule has 0 aliphatic carbocycles. The second kappa shape index (κ2) is 18.1. The van der Waals surface area contributed by atoms with Gasteiger partial charge in [-0.2, -0.15) is 18.2 Å². The van der Waals surface area contributed by atoms with Gasteiger partial charge in [-0.3, -0.25) is 9.36 Å². The van der Waals surface area contributed by atoms with E-state index in [1.54, 1.807) is 39.0 Å². The summed E-state index contributed by atoms with van der Waals surface area (Å²) in [6, 6.07) is 0. The minimum atomic E-state index is -4.93. The van der Waals surface area contributed by atoms with E-state index in [1.807, 2.05) is 19.2 Å². The van der Waals surface area contributed by atoms with Crippen molar-refractivity contribution in [3.05, 3.63) is 22.2 Å². The molecular formula is C31H49F3N6O6S2Si. The first-order valence-electron chi connectivity index (χ1n) is 15.5. The highest BCUT2D eigenvalue weighted by molar-refractivity contribution is 8.77. The highest BCUT2D eigenvalue weighted by atomic mass is 33.1. The molecular weight excluding hydrogens is 702 g/mol. The van der Waals surface area contributed by atoms with Gasteiger partial charge in [-0.15, -0.1) is 0 Å². The third-order valence-electron chi connectivity index (χ3n) is 7.36. The normalized spacial score (nSPS) is 18.6. The molecule has 18 heteroatoms. The Morgan fingerprint density at radius 3 is 2.51 bits per heavy atom. The minimum Gasteiger partial charge on any atom is -0.414 e. The third-order valence-corrected chi connectivity index (χ3v) is 14.8. The zero-order valence-corrected chi connectivity index (χ0v) is 32.7. The smallest absolute Gasteiger partial charge is 0.414 e. The lowest BCUT2D eigenvalue weighted by molar-refractivity contribution is -0.173. The molecule has 1 aromatic heterocycles. The van der Waals surface area contributed by atoms with E-state index in [0.29, 0.717) is 12.0 Å². The van der Waals surface area contributed by atoms with E-state index < -0.39 is 49.3 Å². The predicted octanol–water partition coefficient (Wildman–Crippen LogP) is 5.72. The molecule has 1 aliphatic heterocycles. The van der Waals surface area contributed by atoms with Crippen molar-refractivity contribution in [1.29, 1.82) is 0 Å². The summed E-state index contributed by atoms with van der Waals surface area (Å²) in [5.74, 6) is 4.23. The third kappa shape index (κ3) is 14.3. The molecule has 0 spiro atoms. The van der Waals surface area contributed by atoms with Crippen LogP contribution in [0.25, 0.3) is 0 Å². The van der Waals surface area contributed by atoms with Gasteiger partial charge in [-0.05, 0) is 45.8 Å². The summed E-state index contributed by atoms with van der Waals surface area (Å²) >= 11 is 0. The topological polar surface area (TPSA) is 129 Å². The van der Waals surface area contributed by atoms with E-state index in [-0.39, 0.29) is 36.6 Å². The first-order valence-corrected chi connectivity index (χ1v) is 20.8. The number of hydrogen-bond acceptors (Lipinski definition) is 11. The van der Waals surface area contributed by atoms with Crippen LogP contribution >= 0.6 is 21.6 Å². The van der Waals surface area contributed by atoms with E-state index in [0.717, 1.165) is 5.71 Å². The molecule has 0 bridgehead atoms. The number of nitrogens with one attached hydrogen (secondary N) is 1. The molecule has 1 amide bonds. The van der Waals surface area contributed by atoms with Gasteiger partial charge in [0.25, 0.3) is 0 Å². The molecule has 0 radical (unpaired) electrons. The van der Waals surface area contributed by atoms with Gasteiger partial charge in [0, 0.05) is 38.0 Å². The number of hydrogen-bond donors (Lipinski definition) is 1. The number of carbonyl (C=O) groups excluding carboxylic acids is 1. The summed E-state index contributed by atoms with van der Waals surface area (Å²) < 4.78 is 56.5. The average Bonchev–Trinajstić information content (AvgIpc) is 3.38. The Kier molecular flexibility index (Phi) is 15.7. The molecule has 0 saturated carbocycles. The minimum absolute atomic E-state index is 0.00653. The largest absolute Gasteiger partial charge is 0.471 e. The van der Waals surface area contributed by atoms with Crippen LogP contribution in [-0.4, -0.2) is 104 Å². The number of oxime groups is 1. The summed E-state index contributed by atoms with van der Waals surface area (Å²) in [5, 5.41) is 6.04. The molecule has 12 nitrogen and oxygen atoms in total. The number of amides is 1. The standard InChI is InChI=1S/C31H49F3N6O6S2Si/c1-21(2)38-46-23-15-25(45-24(23)17-44-49(10,11)29(3,4)5)40-16-22(26(37-28(40)42)36-19-39(8)9)13-12-14-43-20-47-48-30(6,7)18-35-27(41)31(32,33)34/h16,19,23-25H,14-15,17-18,20H2,1-11H3,(H,35,41)/t23?,24-,25-/m1/s1. The summed E-state index contributed by atoms with van der Waals surface area (Å²) in [4.78, 5) is 40.4. The number of carbonyl (C=O) groups is 1. The lowest BCUT2D eigenvalue weighted by Crippen LogP contribution is -2.44. The van der Waals surface area contributed by atoms with Crippen molar-refractivity contribution in [2.45, 2.75) is 102 Å². The lowest BCUT2D eigenvalue weighted by Gasteiger charge is -2.37. The van der Waals surface area contributed by atoms with Gasteiger partial charge in [-0.1, -0.05) is 59.4 Å². The first-order chi connectivity index (χ1) is 22.5. The predicted molar refractivity (Wildman–Crippen MR) is 192 cm³/mol. The van der Waals surface area contributed by atoms with Gasteiger partial charge < -0.3 is 29.0 Å². The summed E-state index contributed by atoms with van der Waals surface area (Å²) in [5.41, 5.74) is 0.541. The van der Waals surface area contributed by atoms with Crippen molar-refractivity contribution < 1.29 is 36.7 Å². The van der Waals surface area contributed by atoms with Crippen molar-refractivity contribution in [2.75, 3.05) is 39.8 Å². The Morgan fingerprint density at radius 1 is 1.24 bits per heavy atom.